The third-order valence-electron chi connectivity index (χ3n) is 4.06. The zero-order valence-corrected chi connectivity index (χ0v) is 13.2. The highest BCUT2D eigenvalue weighted by Gasteiger charge is 2.42. The zero-order chi connectivity index (χ0) is 17.1. The number of rotatable bonds is 5. The van der Waals surface area contributed by atoms with Gasteiger partial charge in [-0.2, -0.15) is 0 Å². The smallest absolute Gasteiger partial charge is 0.292 e. The summed E-state index contributed by atoms with van der Waals surface area (Å²) in [5, 5.41) is 1.85. The molecule has 0 aliphatic carbocycles. The molecule has 2 aromatic rings. The number of nitrogens with two attached hydrogens (primary N) is 1. The number of ether oxygens (including phenoxy) is 1. The molecule has 1 atom stereocenters. The zero-order valence-electron chi connectivity index (χ0n) is 13.2. The van der Waals surface area contributed by atoms with E-state index in [4.69, 9.17) is 4.74 Å². The van der Waals surface area contributed by atoms with E-state index in [-0.39, 0.29) is 18.2 Å². The Morgan fingerprint density at radius 3 is 2.42 bits per heavy atom. The molecule has 0 aromatic heterocycles. The Kier molecular flexibility index (Phi) is 4.57. The molecule has 3 rings (SSSR count). The summed E-state index contributed by atoms with van der Waals surface area (Å²) in [7, 11) is 1.61. The molecule has 2 aromatic carbocycles. The summed E-state index contributed by atoms with van der Waals surface area (Å²) in [5.41, 5.74) is 1.45. The molecular weight excluding hydrogens is 311 g/mol. The van der Waals surface area contributed by atoms with Crippen LogP contribution in [0.15, 0.2) is 48.5 Å². The summed E-state index contributed by atoms with van der Waals surface area (Å²) >= 11 is 0. The predicted molar refractivity (Wildman–Crippen MR) is 85.9 cm³/mol. The van der Waals surface area contributed by atoms with Crippen molar-refractivity contribution in [3.63, 3.8) is 0 Å². The summed E-state index contributed by atoms with van der Waals surface area (Å²) in [4.78, 5) is 25.8. The number of carbonyl (C=O) groups excluding carboxylic acids is 2. The van der Waals surface area contributed by atoms with Gasteiger partial charge >= 0.3 is 0 Å². The first-order valence-corrected chi connectivity index (χ1v) is 7.67. The van der Waals surface area contributed by atoms with Gasteiger partial charge in [-0.05, 0) is 48.5 Å². The monoisotopic (exact) mass is 329 g/mol. The molecule has 0 unspecified atom stereocenters. The van der Waals surface area contributed by atoms with Crippen LogP contribution in [0.25, 0.3) is 0 Å². The first kappa shape index (κ1) is 16.1. The number of nitrogens with zero attached hydrogens (tertiary/aromatic N) is 1. The normalized spacial score (nSPS) is 17.4. The van der Waals surface area contributed by atoms with Crippen LogP contribution in [0.1, 0.15) is 12.0 Å². The summed E-state index contributed by atoms with van der Waals surface area (Å²) < 4.78 is 18.1. The Labute approximate surface area is 139 Å². The Morgan fingerprint density at radius 2 is 1.79 bits per heavy atom. The van der Waals surface area contributed by atoms with Gasteiger partial charge in [0.25, 0.3) is 5.91 Å². The maximum absolute atomic E-state index is 13.0. The van der Waals surface area contributed by atoms with Crippen LogP contribution in [0.4, 0.5) is 10.1 Å². The molecule has 2 N–H and O–H groups in total. The maximum Gasteiger partial charge on any atom is 0.292 e. The quantitative estimate of drug-likeness (QED) is 0.839. The fraction of sp³-hybridized carbons (Fsp3) is 0.222. The number of amides is 2. The van der Waals surface area contributed by atoms with Crippen molar-refractivity contribution in [3.05, 3.63) is 59.9 Å². The second-order valence-electron chi connectivity index (χ2n) is 5.64. The van der Waals surface area contributed by atoms with Crippen LogP contribution >= 0.6 is 0 Å². The lowest BCUT2D eigenvalue weighted by Crippen LogP contribution is -2.90. The van der Waals surface area contributed by atoms with E-state index in [9.17, 15) is 14.0 Å². The van der Waals surface area contributed by atoms with E-state index in [1.54, 1.807) is 7.11 Å². The predicted octanol–water partition coefficient (Wildman–Crippen LogP) is 1.23. The molecule has 1 aliphatic rings. The number of benzene rings is 2. The third-order valence-corrected chi connectivity index (χ3v) is 4.06. The second-order valence-corrected chi connectivity index (χ2v) is 5.64. The first-order chi connectivity index (χ1) is 11.6. The average Bonchev–Trinajstić information content (AvgIpc) is 2.88. The van der Waals surface area contributed by atoms with Crippen LogP contribution in [-0.4, -0.2) is 25.0 Å². The fourth-order valence-corrected chi connectivity index (χ4v) is 2.74. The van der Waals surface area contributed by atoms with Gasteiger partial charge in [-0.3, -0.25) is 9.59 Å². The maximum atomic E-state index is 13.0. The van der Waals surface area contributed by atoms with E-state index in [0.717, 1.165) is 16.2 Å². The first-order valence-electron chi connectivity index (χ1n) is 7.67. The summed E-state index contributed by atoms with van der Waals surface area (Å²) in [6.45, 7) is 0.588. The van der Waals surface area contributed by atoms with Gasteiger partial charge in [0, 0.05) is 5.56 Å². The second kappa shape index (κ2) is 6.80. The van der Waals surface area contributed by atoms with Gasteiger partial charge in [0.05, 0.1) is 19.2 Å². The highest BCUT2D eigenvalue weighted by atomic mass is 19.1. The topological polar surface area (TPSA) is 63.2 Å². The van der Waals surface area contributed by atoms with Crippen LogP contribution in [0.3, 0.4) is 0 Å². The molecule has 0 saturated carbocycles. The Hall–Kier alpha value is -2.73. The van der Waals surface area contributed by atoms with E-state index in [2.05, 4.69) is 0 Å². The Bertz CT molecular complexity index is 744. The lowest BCUT2D eigenvalue weighted by Gasteiger charge is -2.14. The molecule has 1 saturated heterocycles. The van der Waals surface area contributed by atoms with Gasteiger partial charge in [0.15, 0.2) is 6.04 Å². The number of imide groups is 1. The number of carbonyl (C=O) groups is 2. The highest BCUT2D eigenvalue weighted by molar-refractivity contribution is 6.21. The van der Waals surface area contributed by atoms with Gasteiger partial charge in [-0.1, -0.05) is 0 Å². The van der Waals surface area contributed by atoms with Crippen molar-refractivity contribution >= 4 is 17.5 Å². The van der Waals surface area contributed by atoms with Gasteiger partial charge in [-0.25, -0.2) is 9.29 Å². The van der Waals surface area contributed by atoms with Crippen molar-refractivity contribution in [3.8, 4) is 5.75 Å². The minimum atomic E-state index is -0.454. The molecule has 0 radical (unpaired) electrons. The molecule has 0 bridgehead atoms. The van der Waals surface area contributed by atoms with Gasteiger partial charge in [-0.15, -0.1) is 0 Å². The molecule has 124 valence electrons. The van der Waals surface area contributed by atoms with Gasteiger partial charge in [0.1, 0.15) is 18.1 Å². The summed E-state index contributed by atoms with van der Waals surface area (Å²) in [6.07, 6.45) is 0.145. The van der Waals surface area contributed by atoms with E-state index < -0.39 is 11.9 Å². The van der Waals surface area contributed by atoms with Crippen molar-refractivity contribution in [2.75, 3.05) is 12.0 Å². The van der Waals surface area contributed by atoms with Crippen LogP contribution in [-0.2, 0) is 16.1 Å². The van der Waals surface area contributed by atoms with E-state index >= 15 is 0 Å². The molecule has 1 aliphatic heterocycles. The van der Waals surface area contributed by atoms with Crippen LogP contribution in [0, 0.1) is 5.82 Å². The number of methoxy groups -OCH3 is 1. The highest BCUT2D eigenvalue weighted by Crippen LogP contribution is 2.22. The molecular formula is C18H18FN2O3+. The van der Waals surface area contributed by atoms with Crippen LogP contribution in [0.2, 0.25) is 0 Å². The van der Waals surface area contributed by atoms with E-state index in [0.29, 0.717) is 12.2 Å². The van der Waals surface area contributed by atoms with Crippen molar-refractivity contribution in [1.29, 1.82) is 0 Å². The number of hydrogen-bond acceptors (Lipinski definition) is 3. The van der Waals surface area contributed by atoms with Crippen molar-refractivity contribution < 1.29 is 24.0 Å². The summed E-state index contributed by atoms with van der Waals surface area (Å²) in [6, 6.07) is 12.5. The molecule has 1 fully saturated rings. The number of hydrogen-bond donors (Lipinski definition) is 1. The third kappa shape index (κ3) is 3.28. The number of quaternary nitrogens is 1. The molecule has 1 heterocycles. The van der Waals surface area contributed by atoms with Crippen LogP contribution in [0.5, 0.6) is 5.75 Å². The summed E-state index contributed by atoms with van der Waals surface area (Å²) in [5.74, 6) is -0.156. The van der Waals surface area contributed by atoms with Crippen molar-refractivity contribution in [1.82, 2.24) is 0 Å². The Balaban J connectivity index is 1.66. The lowest BCUT2D eigenvalue weighted by molar-refractivity contribution is -0.690. The van der Waals surface area contributed by atoms with Crippen molar-refractivity contribution in [2.45, 2.75) is 19.0 Å². The minimum Gasteiger partial charge on any atom is -0.497 e. The Morgan fingerprint density at radius 1 is 1.12 bits per heavy atom. The molecule has 2 amide bonds. The molecule has 0 spiro atoms. The SMILES string of the molecule is COc1ccc(C[NH2+][C@H]2CC(=O)N(c3ccc(F)cc3)C2=O)cc1. The largest absolute Gasteiger partial charge is 0.497 e. The number of anilines is 1. The van der Waals surface area contributed by atoms with Gasteiger partial charge in [0.2, 0.25) is 5.91 Å². The fourth-order valence-electron chi connectivity index (χ4n) is 2.74. The molecule has 6 heteroatoms. The standard InChI is InChI=1S/C18H17FN2O3/c1-24-15-8-2-12(3-9-15)11-20-16-10-17(22)21(18(16)23)14-6-4-13(19)5-7-14/h2-9,16,20H,10-11H2,1H3/p+1/t16-/m0/s1. The number of halogens is 1. The average molecular weight is 329 g/mol. The van der Waals surface area contributed by atoms with E-state index in [1.165, 1.54) is 24.3 Å². The van der Waals surface area contributed by atoms with Gasteiger partial charge < -0.3 is 10.1 Å². The van der Waals surface area contributed by atoms with E-state index in [1.807, 2.05) is 29.6 Å². The lowest BCUT2D eigenvalue weighted by atomic mass is 10.2. The van der Waals surface area contributed by atoms with Crippen molar-refractivity contribution in [2.24, 2.45) is 0 Å². The van der Waals surface area contributed by atoms with Crippen LogP contribution < -0.4 is 15.0 Å². The molecule has 24 heavy (non-hydrogen) atoms. The molecule has 5 nitrogen and oxygen atoms in total. The minimum absolute atomic E-state index is 0.145.